The van der Waals surface area contributed by atoms with Crippen LogP contribution in [0, 0.1) is 0 Å². The van der Waals surface area contributed by atoms with Crippen LogP contribution in [0.2, 0.25) is 0 Å². The third-order valence-electron chi connectivity index (χ3n) is 0.876. The van der Waals surface area contributed by atoms with Gasteiger partial charge >= 0.3 is 0 Å². The van der Waals surface area contributed by atoms with Gasteiger partial charge in [-0.3, -0.25) is 4.99 Å². The quantitative estimate of drug-likeness (QED) is 0.524. The third-order valence-corrected chi connectivity index (χ3v) is 0.876. The first-order valence-corrected chi connectivity index (χ1v) is 3.06. The van der Waals surface area contributed by atoms with Crippen LogP contribution in [-0.2, 0) is 0 Å². The Labute approximate surface area is 61.0 Å². The number of halogens is 1. The molecule has 10 heavy (non-hydrogen) atoms. The van der Waals surface area contributed by atoms with Gasteiger partial charge in [-0.05, 0) is 26.3 Å². The SMILES string of the molecule is C=C(C)/N=C\C(F)=C(C)C. The summed E-state index contributed by atoms with van der Waals surface area (Å²) in [6.45, 7) is 8.60. The molecule has 1 nitrogen and oxygen atoms in total. The number of allylic oxidation sites excluding steroid dienone is 3. The van der Waals surface area contributed by atoms with Crippen LogP contribution >= 0.6 is 0 Å². The van der Waals surface area contributed by atoms with Crippen LogP contribution in [0.1, 0.15) is 20.8 Å². The molecular formula is C8H12FN. The minimum absolute atomic E-state index is 0.289. The predicted molar refractivity (Wildman–Crippen MR) is 42.8 cm³/mol. The molecule has 0 aromatic carbocycles. The molecule has 0 rings (SSSR count). The second kappa shape index (κ2) is 3.99. The van der Waals surface area contributed by atoms with Crippen molar-refractivity contribution in [2.45, 2.75) is 20.8 Å². The molecule has 0 fully saturated rings. The van der Waals surface area contributed by atoms with Crippen molar-refractivity contribution in [1.29, 1.82) is 0 Å². The molecule has 0 unspecified atom stereocenters. The maximum atomic E-state index is 12.6. The van der Waals surface area contributed by atoms with Crippen molar-refractivity contribution in [1.82, 2.24) is 0 Å². The highest BCUT2D eigenvalue weighted by molar-refractivity contribution is 5.77. The zero-order valence-electron chi connectivity index (χ0n) is 6.61. The largest absolute Gasteiger partial charge is 0.259 e. The second-order valence-corrected chi connectivity index (χ2v) is 2.34. The van der Waals surface area contributed by atoms with Crippen molar-refractivity contribution in [2.75, 3.05) is 0 Å². The van der Waals surface area contributed by atoms with Crippen molar-refractivity contribution < 1.29 is 4.39 Å². The molecule has 0 spiro atoms. The Balaban J connectivity index is 4.16. The van der Waals surface area contributed by atoms with Crippen LogP contribution in [0.5, 0.6) is 0 Å². The van der Waals surface area contributed by atoms with Gasteiger partial charge in [0.15, 0.2) is 0 Å². The zero-order valence-corrected chi connectivity index (χ0v) is 6.61. The number of rotatable bonds is 2. The zero-order chi connectivity index (χ0) is 8.15. The second-order valence-electron chi connectivity index (χ2n) is 2.34. The van der Waals surface area contributed by atoms with Gasteiger partial charge in [0.2, 0.25) is 0 Å². The summed E-state index contributed by atoms with van der Waals surface area (Å²) in [4.78, 5) is 3.69. The summed E-state index contributed by atoms with van der Waals surface area (Å²) in [5.41, 5.74) is 1.24. The van der Waals surface area contributed by atoms with E-state index < -0.39 is 0 Å². The third kappa shape index (κ3) is 4.01. The number of aliphatic imine (C=N–C) groups is 1. The maximum absolute atomic E-state index is 12.6. The first-order valence-electron chi connectivity index (χ1n) is 3.06. The van der Waals surface area contributed by atoms with Crippen molar-refractivity contribution in [3.05, 3.63) is 23.7 Å². The Morgan fingerprint density at radius 3 is 2.20 bits per heavy atom. The van der Waals surface area contributed by atoms with Gasteiger partial charge in [-0.2, -0.15) is 0 Å². The van der Waals surface area contributed by atoms with Crippen LogP contribution in [-0.4, -0.2) is 6.21 Å². The van der Waals surface area contributed by atoms with Gasteiger partial charge in [-0.1, -0.05) is 6.58 Å². The summed E-state index contributed by atoms with van der Waals surface area (Å²) in [5.74, 6) is -0.289. The molecule has 56 valence electrons. The lowest BCUT2D eigenvalue weighted by atomic mass is 10.3. The molecule has 0 radical (unpaired) electrons. The lowest BCUT2D eigenvalue weighted by Crippen LogP contribution is -1.79. The Hall–Kier alpha value is -0.920. The first-order chi connectivity index (χ1) is 4.54. The minimum Gasteiger partial charge on any atom is -0.259 e. The van der Waals surface area contributed by atoms with E-state index in [0.717, 1.165) is 0 Å². The number of hydrogen-bond donors (Lipinski definition) is 0. The Kier molecular flexibility index (Phi) is 3.62. The average Bonchev–Trinajstić information content (AvgIpc) is 1.82. The minimum atomic E-state index is -0.289. The molecule has 0 aromatic heterocycles. The summed E-state index contributed by atoms with van der Waals surface area (Å²) in [7, 11) is 0. The molecule has 0 aliphatic carbocycles. The van der Waals surface area contributed by atoms with E-state index >= 15 is 0 Å². The van der Waals surface area contributed by atoms with E-state index in [0.29, 0.717) is 11.3 Å². The highest BCUT2D eigenvalue weighted by Crippen LogP contribution is 2.01. The highest BCUT2D eigenvalue weighted by Gasteiger charge is 1.89. The van der Waals surface area contributed by atoms with Gasteiger partial charge < -0.3 is 0 Å². The van der Waals surface area contributed by atoms with Crippen molar-refractivity contribution in [2.24, 2.45) is 4.99 Å². The summed E-state index contributed by atoms with van der Waals surface area (Å²) >= 11 is 0. The van der Waals surface area contributed by atoms with Crippen molar-refractivity contribution in [3.8, 4) is 0 Å². The summed E-state index contributed by atoms with van der Waals surface area (Å²) in [5, 5.41) is 0. The number of hydrogen-bond acceptors (Lipinski definition) is 1. The molecule has 0 aliphatic heterocycles. The molecular weight excluding hydrogens is 129 g/mol. The fourth-order valence-corrected chi connectivity index (χ4v) is 0.296. The van der Waals surface area contributed by atoms with Crippen molar-refractivity contribution in [3.63, 3.8) is 0 Å². The topological polar surface area (TPSA) is 12.4 Å². The van der Waals surface area contributed by atoms with Gasteiger partial charge in [-0.25, -0.2) is 4.39 Å². The van der Waals surface area contributed by atoms with Gasteiger partial charge in [0.25, 0.3) is 0 Å². The molecule has 0 aromatic rings. The van der Waals surface area contributed by atoms with Crippen LogP contribution in [0.3, 0.4) is 0 Å². The molecule has 0 saturated carbocycles. The van der Waals surface area contributed by atoms with E-state index in [9.17, 15) is 4.39 Å². The van der Waals surface area contributed by atoms with Crippen molar-refractivity contribution >= 4 is 6.21 Å². The summed E-state index contributed by atoms with van der Waals surface area (Å²) < 4.78 is 12.6. The fraction of sp³-hybridized carbons (Fsp3) is 0.375. The predicted octanol–water partition coefficient (Wildman–Crippen LogP) is 2.85. The Morgan fingerprint density at radius 1 is 1.40 bits per heavy atom. The van der Waals surface area contributed by atoms with E-state index in [1.165, 1.54) is 6.21 Å². The fourth-order valence-electron chi connectivity index (χ4n) is 0.296. The van der Waals surface area contributed by atoms with E-state index in [1.54, 1.807) is 20.8 Å². The molecule has 0 heterocycles. The van der Waals surface area contributed by atoms with Crippen LogP contribution in [0.15, 0.2) is 28.7 Å². The van der Waals surface area contributed by atoms with Crippen LogP contribution in [0.25, 0.3) is 0 Å². The van der Waals surface area contributed by atoms with Gasteiger partial charge in [0.1, 0.15) is 5.83 Å². The smallest absolute Gasteiger partial charge is 0.140 e. The van der Waals surface area contributed by atoms with Gasteiger partial charge in [0.05, 0.1) is 6.21 Å². The van der Waals surface area contributed by atoms with E-state index in [1.807, 2.05) is 0 Å². The van der Waals surface area contributed by atoms with Gasteiger partial charge in [0, 0.05) is 5.70 Å². The molecule has 0 aliphatic rings. The van der Waals surface area contributed by atoms with E-state index in [2.05, 4.69) is 11.6 Å². The summed E-state index contributed by atoms with van der Waals surface area (Å²) in [6.07, 6.45) is 1.18. The molecule has 0 amide bonds. The summed E-state index contributed by atoms with van der Waals surface area (Å²) in [6, 6.07) is 0. The lowest BCUT2D eigenvalue weighted by Gasteiger charge is -1.89. The Bertz CT molecular complexity index is 185. The normalized spacial score (nSPS) is 10.0. The van der Waals surface area contributed by atoms with Gasteiger partial charge in [-0.15, -0.1) is 0 Å². The Morgan fingerprint density at radius 2 is 1.90 bits per heavy atom. The van der Waals surface area contributed by atoms with E-state index in [4.69, 9.17) is 0 Å². The van der Waals surface area contributed by atoms with Crippen LogP contribution < -0.4 is 0 Å². The molecule has 0 atom stereocenters. The maximum Gasteiger partial charge on any atom is 0.140 e. The lowest BCUT2D eigenvalue weighted by molar-refractivity contribution is 0.673. The number of nitrogens with zero attached hydrogens (tertiary/aromatic N) is 1. The average molecular weight is 141 g/mol. The standard InChI is InChI=1S/C8H12FN/c1-6(2)8(9)5-10-7(3)4/h5H,3H2,1-2,4H3/b10-5-. The molecule has 2 heteroatoms. The molecule has 0 N–H and O–H groups in total. The van der Waals surface area contributed by atoms with E-state index in [-0.39, 0.29) is 5.83 Å². The molecule has 0 bridgehead atoms. The molecule has 0 saturated heterocycles. The van der Waals surface area contributed by atoms with Crippen LogP contribution in [0.4, 0.5) is 4.39 Å². The monoisotopic (exact) mass is 141 g/mol. The first kappa shape index (κ1) is 9.08. The highest BCUT2D eigenvalue weighted by atomic mass is 19.1.